The second-order valence-corrected chi connectivity index (χ2v) is 6.77. The first-order valence-electron chi connectivity index (χ1n) is 6.82. The number of hydrogen-bond donors (Lipinski definition) is 3. The van der Waals surface area contributed by atoms with E-state index in [1.54, 1.807) is 6.07 Å². The Morgan fingerprint density at radius 1 is 1.52 bits per heavy atom. The van der Waals surface area contributed by atoms with Crippen LogP contribution < -0.4 is 16.6 Å². The number of anilines is 1. The summed E-state index contributed by atoms with van der Waals surface area (Å²) in [5, 5.41) is 2.62. The molecule has 2 atom stereocenters. The number of carbonyl (C=O) groups excluding carboxylic acids is 1. The zero-order chi connectivity index (χ0) is 15.8. The molecule has 0 radical (unpaired) electrons. The maximum Gasteiger partial charge on any atom is 0.271 e. The molecule has 1 aromatic heterocycles. The molecule has 0 aliphatic heterocycles. The predicted octanol–water partition coefficient (Wildman–Crippen LogP) is 2.45. The number of aromatic nitrogens is 1. The molecule has 9 heteroatoms. The fourth-order valence-electron chi connectivity index (χ4n) is 2.60. The lowest BCUT2D eigenvalue weighted by Crippen LogP contribution is -2.74. The van der Waals surface area contributed by atoms with Gasteiger partial charge in [-0.2, -0.15) is 0 Å². The molecular formula is C14H22BrCl2N3O3. The molecule has 4 N–H and O–H groups in total. The summed E-state index contributed by atoms with van der Waals surface area (Å²) in [5.74, 6) is -0.368. The summed E-state index contributed by atoms with van der Waals surface area (Å²) >= 11 is 3.25. The van der Waals surface area contributed by atoms with Gasteiger partial charge in [-0.25, -0.2) is 0 Å². The van der Waals surface area contributed by atoms with Crippen molar-refractivity contribution in [2.24, 2.45) is 11.1 Å². The van der Waals surface area contributed by atoms with Crippen LogP contribution in [0.15, 0.2) is 21.5 Å². The van der Waals surface area contributed by atoms with Crippen molar-refractivity contribution in [2.75, 3.05) is 11.9 Å². The molecule has 6 nitrogen and oxygen atoms in total. The van der Waals surface area contributed by atoms with Crippen LogP contribution in [0.4, 0.5) is 5.69 Å². The lowest BCUT2D eigenvalue weighted by atomic mass is 9.54. The van der Waals surface area contributed by atoms with Crippen LogP contribution in [-0.2, 0) is 9.53 Å². The minimum absolute atomic E-state index is 0. The number of ether oxygens (including phenoxy) is 1. The van der Waals surface area contributed by atoms with Crippen molar-refractivity contribution in [3.05, 3.63) is 27.1 Å². The number of hydrogen-bond acceptors (Lipinski definition) is 4. The first-order chi connectivity index (χ1) is 9.72. The molecule has 1 fully saturated rings. The second-order valence-electron chi connectivity index (χ2n) is 5.86. The molecule has 1 saturated carbocycles. The lowest BCUT2D eigenvalue weighted by molar-refractivity contribution is -0.166. The fourth-order valence-corrected chi connectivity index (χ4v) is 2.95. The Morgan fingerprint density at radius 3 is 2.65 bits per heavy atom. The van der Waals surface area contributed by atoms with Crippen LogP contribution >= 0.6 is 40.7 Å². The van der Waals surface area contributed by atoms with Gasteiger partial charge in [0.05, 0.1) is 6.10 Å². The van der Waals surface area contributed by atoms with Crippen LogP contribution in [0.25, 0.3) is 0 Å². The standard InChI is InChI=1S/C14H20BrN3O3.2ClH/c1-4-21-10-6-14(16,13(10,2)3)12(20)18-9-5-8(15)7-17-11(9)19;;/h5,7,10H,4,6,16H2,1-3H3,(H,17,19)(H,18,20);2*1H. The summed E-state index contributed by atoms with van der Waals surface area (Å²) in [7, 11) is 0. The van der Waals surface area contributed by atoms with Crippen LogP contribution in [-0.4, -0.2) is 29.1 Å². The highest BCUT2D eigenvalue weighted by molar-refractivity contribution is 9.10. The van der Waals surface area contributed by atoms with Gasteiger partial charge >= 0.3 is 0 Å². The normalized spacial score (nSPS) is 24.7. The minimum Gasteiger partial charge on any atom is -0.378 e. The number of nitrogens with two attached hydrogens (primary N) is 1. The second kappa shape index (κ2) is 7.98. The summed E-state index contributed by atoms with van der Waals surface area (Å²) in [6, 6.07) is 1.55. The number of H-pyrrole nitrogens is 1. The molecule has 23 heavy (non-hydrogen) atoms. The molecule has 1 heterocycles. The van der Waals surface area contributed by atoms with Gasteiger partial charge in [0.15, 0.2) is 0 Å². The third-order valence-electron chi connectivity index (χ3n) is 4.35. The highest BCUT2D eigenvalue weighted by Crippen LogP contribution is 2.50. The maximum atomic E-state index is 12.5. The quantitative estimate of drug-likeness (QED) is 0.683. The molecule has 1 aromatic rings. The third-order valence-corrected chi connectivity index (χ3v) is 4.81. The van der Waals surface area contributed by atoms with Crippen molar-refractivity contribution in [3.63, 3.8) is 0 Å². The zero-order valence-corrected chi connectivity index (χ0v) is 16.4. The molecule has 1 amide bonds. The molecule has 0 saturated heterocycles. The molecule has 0 spiro atoms. The predicted molar refractivity (Wildman–Crippen MR) is 98.6 cm³/mol. The molecule has 132 valence electrons. The van der Waals surface area contributed by atoms with Gasteiger partial charge < -0.3 is 20.8 Å². The van der Waals surface area contributed by atoms with Gasteiger partial charge in [0.1, 0.15) is 11.2 Å². The van der Waals surface area contributed by atoms with E-state index < -0.39 is 11.0 Å². The third kappa shape index (κ3) is 3.91. The number of pyridine rings is 1. The maximum absolute atomic E-state index is 12.5. The van der Waals surface area contributed by atoms with Gasteiger partial charge in [0, 0.05) is 29.1 Å². The number of rotatable bonds is 4. The summed E-state index contributed by atoms with van der Waals surface area (Å²) < 4.78 is 6.27. The monoisotopic (exact) mass is 429 g/mol. The van der Waals surface area contributed by atoms with Gasteiger partial charge in [-0.05, 0) is 28.9 Å². The van der Waals surface area contributed by atoms with E-state index in [0.29, 0.717) is 17.5 Å². The minimum atomic E-state index is -1.05. The van der Waals surface area contributed by atoms with Crippen LogP contribution in [0.1, 0.15) is 27.2 Å². The lowest BCUT2D eigenvalue weighted by Gasteiger charge is -2.57. The largest absolute Gasteiger partial charge is 0.378 e. The summed E-state index contributed by atoms with van der Waals surface area (Å²) in [5.41, 5.74) is 4.53. The van der Waals surface area contributed by atoms with Crippen molar-refractivity contribution in [1.82, 2.24) is 4.98 Å². The molecule has 2 unspecified atom stereocenters. The van der Waals surface area contributed by atoms with E-state index in [1.165, 1.54) is 6.20 Å². The number of halogens is 3. The molecule has 0 aromatic carbocycles. The Bertz CT molecular complexity index is 624. The van der Waals surface area contributed by atoms with Crippen molar-refractivity contribution in [3.8, 4) is 0 Å². The summed E-state index contributed by atoms with van der Waals surface area (Å²) in [6.45, 7) is 6.30. The van der Waals surface area contributed by atoms with Crippen LogP contribution in [0, 0.1) is 5.41 Å². The number of amides is 1. The van der Waals surface area contributed by atoms with Gasteiger partial charge in [-0.3, -0.25) is 9.59 Å². The fraction of sp³-hybridized carbons (Fsp3) is 0.571. The smallest absolute Gasteiger partial charge is 0.271 e. The Labute approximate surface area is 155 Å². The van der Waals surface area contributed by atoms with E-state index >= 15 is 0 Å². The van der Waals surface area contributed by atoms with Gasteiger partial charge in [0.2, 0.25) is 5.91 Å². The van der Waals surface area contributed by atoms with E-state index in [9.17, 15) is 9.59 Å². The van der Waals surface area contributed by atoms with Gasteiger partial charge in [-0.1, -0.05) is 13.8 Å². The topological polar surface area (TPSA) is 97.2 Å². The van der Waals surface area contributed by atoms with Crippen LogP contribution in [0.5, 0.6) is 0 Å². The first kappa shape index (κ1) is 22.4. The highest BCUT2D eigenvalue weighted by atomic mass is 79.9. The van der Waals surface area contributed by atoms with Crippen molar-refractivity contribution in [1.29, 1.82) is 0 Å². The molecular weight excluding hydrogens is 409 g/mol. The number of carbonyl (C=O) groups is 1. The Balaban J connectivity index is 0.00000242. The van der Waals surface area contributed by atoms with Crippen LogP contribution in [0.2, 0.25) is 0 Å². The van der Waals surface area contributed by atoms with Crippen molar-refractivity contribution in [2.45, 2.75) is 38.8 Å². The van der Waals surface area contributed by atoms with E-state index in [1.807, 2.05) is 20.8 Å². The van der Waals surface area contributed by atoms with E-state index in [0.717, 1.165) is 0 Å². The Hall–Kier alpha value is -0.600. The highest BCUT2D eigenvalue weighted by Gasteiger charge is 2.62. The molecule has 1 aliphatic carbocycles. The molecule has 1 aliphatic rings. The number of nitrogens with one attached hydrogen (secondary N) is 2. The summed E-state index contributed by atoms with van der Waals surface area (Å²) in [6.07, 6.45) is 1.89. The molecule has 0 bridgehead atoms. The SMILES string of the molecule is CCOC1CC(N)(C(=O)Nc2cc(Br)c[nH]c2=O)C1(C)C.Cl.Cl. The van der Waals surface area contributed by atoms with E-state index in [-0.39, 0.29) is 48.1 Å². The van der Waals surface area contributed by atoms with Crippen molar-refractivity contribution < 1.29 is 9.53 Å². The average molecular weight is 431 g/mol. The van der Waals surface area contributed by atoms with E-state index in [4.69, 9.17) is 10.5 Å². The zero-order valence-electron chi connectivity index (χ0n) is 13.1. The number of aromatic amines is 1. The molecule has 2 rings (SSSR count). The first-order valence-corrected chi connectivity index (χ1v) is 7.62. The van der Waals surface area contributed by atoms with Gasteiger partial charge in [-0.15, -0.1) is 24.8 Å². The van der Waals surface area contributed by atoms with E-state index in [2.05, 4.69) is 26.2 Å². The average Bonchev–Trinajstić information content (AvgIpc) is 2.42. The van der Waals surface area contributed by atoms with Gasteiger partial charge in [0.25, 0.3) is 5.56 Å². The van der Waals surface area contributed by atoms with Crippen LogP contribution in [0.3, 0.4) is 0 Å². The van der Waals surface area contributed by atoms with Crippen molar-refractivity contribution >= 4 is 52.3 Å². The summed E-state index contributed by atoms with van der Waals surface area (Å²) in [4.78, 5) is 26.7. The Kier molecular flexibility index (Phi) is 7.78. The Morgan fingerprint density at radius 2 is 2.13 bits per heavy atom.